The lowest BCUT2D eigenvalue weighted by atomic mass is 10.1. The highest BCUT2D eigenvalue weighted by Crippen LogP contribution is 2.15. The first-order valence-electron chi connectivity index (χ1n) is 7.84. The molecule has 0 aromatic heterocycles. The van der Waals surface area contributed by atoms with Crippen LogP contribution in [0.25, 0.3) is 0 Å². The van der Waals surface area contributed by atoms with Crippen molar-refractivity contribution in [2.75, 3.05) is 25.4 Å². The van der Waals surface area contributed by atoms with Crippen LogP contribution in [-0.2, 0) is 9.84 Å². The standard InChI is InChI=1S/C15H33N3O2S/c1-7-16-14(17-10-8-9-13(2)3)18-11-12-21(19,20)15(4,5)6/h13H,7-12H2,1-6H3,(H2,16,17,18). The van der Waals surface area contributed by atoms with Crippen molar-refractivity contribution >= 4 is 15.8 Å². The molecular weight excluding hydrogens is 286 g/mol. The van der Waals surface area contributed by atoms with Gasteiger partial charge in [0.05, 0.1) is 10.5 Å². The number of guanidine groups is 1. The zero-order chi connectivity index (χ0) is 16.5. The van der Waals surface area contributed by atoms with Crippen molar-refractivity contribution in [2.45, 2.75) is 59.1 Å². The maximum absolute atomic E-state index is 12.0. The van der Waals surface area contributed by atoms with E-state index >= 15 is 0 Å². The van der Waals surface area contributed by atoms with Gasteiger partial charge in [0, 0.05) is 19.6 Å². The summed E-state index contributed by atoms with van der Waals surface area (Å²) in [6.45, 7) is 13.5. The molecule has 0 unspecified atom stereocenters. The van der Waals surface area contributed by atoms with Gasteiger partial charge in [0.2, 0.25) is 0 Å². The van der Waals surface area contributed by atoms with E-state index in [4.69, 9.17) is 0 Å². The molecule has 0 aromatic carbocycles. The van der Waals surface area contributed by atoms with Crippen molar-refractivity contribution in [3.8, 4) is 0 Å². The van der Waals surface area contributed by atoms with Gasteiger partial charge in [0.15, 0.2) is 15.8 Å². The van der Waals surface area contributed by atoms with Gasteiger partial charge >= 0.3 is 0 Å². The molecule has 0 aliphatic carbocycles. The van der Waals surface area contributed by atoms with Crippen molar-refractivity contribution in [2.24, 2.45) is 10.9 Å². The molecule has 0 bridgehead atoms. The van der Waals surface area contributed by atoms with Crippen LogP contribution in [0, 0.1) is 5.92 Å². The molecule has 0 spiro atoms. The van der Waals surface area contributed by atoms with Crippen LogP contribution in [0.4, 0.5) is 0 Å². The number of nitrogens with one attached hydrogen (secondary N) is 2. The van der Waals surface area contributed by atoms with Gasteiger partial charge in [-0.15, -0.1) is 0 Å². The highest BCUT2D eigenvalue weighted by molar-refractivity contribution is 7.92. The van der Waals surface area contributed by atoms with Crippen LogP contribution in [0.1, 0.15) is 54.4 Å². The monoisotopic (exact) mass is 319 g/mol. The van der Waals surface area contributed by atoms with Crippen LogP contribution in [-0.4, -0.2) is 44.5 Å². The van der Waals surface area contributed by atoms with Gasteiger partial charge in [-0.05, 0) is 46.5 Å². The van der Waals surface area contributed by atoms with Crippen molar-refractivity contribution < 1.29 is 8.42 Å². The molecule has 0 atom stereocenters. The van der Waals surface area contributed by atoms with Crippen LogP contribution in [0.15, 0.2) is 4.99 Å². The molecule has 6 heteroatoms. The first-order chi connectivity index (χ1) is 9.60. The predicted molar refractivity (Wildman–Crippen MR) is 91.6 cm³/mol. The average Bonchev–Trinajstić information content (AvgIpc) is 2.32. The Morgan fingerprint density at radius 3 is 2.29 bits per heavy atom. The minimum absolute atomic E-state index is 0.118. The molecule has 0 aliphatic heterocycles. The van der Waals surface area contributed by atoms with E-state index in [-0.39, 0.29) is 5.75 Å². The zero-order valence-electron chi connectivity index (χ0n) is 14.5. The average molecular weight is 320 g/mol. The maximum Gasteiger partial charge on any atom is 0.191 e. The minimum Gasteiger partial charge on any atom is -0.357 e. The molecule has 0 rings (SSSR count). The summed E-state index contributed by atoms with van der Waals surface area (Å²) in [7, 11) is -3.09. The van der Waals surface area contributed by atoms with Gasteiger partial charge in [0.25, 0.3) is 0 Å². The second-order valence-corrected chi connectivity index (χ2v) is 9.52. The lowest BCUT2D eigenvalue weighted by Crippen LogP contribution is -2.41. The molecule has 0 heterocycles. The minimum atomic E-state index is -3.09. The largest absolute Gasteiger partial charge is 0.357 e. The van der Waals surface area contributed by atoms with Crippen molar-refractivity contribution in [3.05, 3.63) is 0 Å². The van der Waals surface area contributed by atoms with E-state index in [2.05, 4.69) is 29.5 Å². The summed E-state index contributed by atoms with van der Waals surface area (Å²) in [5.74, 6) is 1.51. The second kappa shape index (κ2) is 9.28. The quantitative estimate of drug-likeness (QED) is 0.409. The van der Waals surface area contributed by atoms with Crippen LogP contribution >= 0.6 is 0 Å². The number of aliphatic imine (C=N–C) groups is 1. The topological polar surface area (TPSA) is 70.6 Å². The predicted octanol–water partition coefficient (Wildman–Crippen LogP) is 2.19. The molecule has 21 heavy (non-hydrogen) atoms. The number of nitrogens with zero attached hydrogens (tertiary/aromatic N) is 1. The molecule has 0 saturated carbocycles. The van der Waals surface area contributed by atoms with E-state index < -0.39 is 14.6 Å². The Labute approximate surface area is 130 Å². The lowest BCUT2D eigenvalue weighted by Gasteiger charge is -2.19. The first kappa shape index (κ1) is 20.2. The summed E-state index contributed by atoms with van der Waals surface area (Å²) in [6.07, 6.45) is 2.20. The Morgan fingerprint density at radius 1 is 1.19 bits per heavy atom. The number of hydrogen-bond donors (Lipinski definition) is 2. The normalized spacial score (nSPS) is 13.6. The molecule has 2 N–H and O–H groups in total. The summed E-state index contributed by atoms with van der Waals surface area (Å²) < 4.78 is 23.3. The molecule has 0 amide bonds. The molecular formula is C15H33N3O2S. The van der Waals surface area contributed by atoms with Crippen molar-refractivity contribution in [1.29, 1.82) is 0 Å². The smallest absolute Gasteiger partial charge is 0.191 e. The highest BCUT2D eigenvalue weighted by Gasteiger charge is 2.28. The van der Waals surface area contributed by atoms with E-state index in [9.17, 15) is 8.42 Å². The van der Waals surface area contributed by atoms with Crippen molar-refractivity contribution in [1.82, 2.24) is 10.6 Å². The van der Waals surface area contributed by atoms with Gasteiger partial charge in [-0.25, -0.2) is 8.42 Å². The second-order valence-electron chi connectivity index (χ2n) is 6.65. The number of sulfone groups is 1. The Balaban J connectivity index is 4.30. The van der Waals surface area contributed by atoms with Crippen LogP contribution in [0.3, 0.4) is 0 Å². The number of hydrogen-bond acceptors (Lipinski definition) is 3. The van der Waals surface area contributed by atoms with E-state index in [1.165, 1.54) is 0 Å². The zero-order valence-corrected chi connectivity index (χ0v) is 15.3. The fourth-order valence-corrected chi connectivity index (χ4v) is 2.63. The third-order valence-corrected chi connectivity index (χ3v) is 5.76. The summed E-state index contributed by atoms with van der Waals surface area (Å²) in [4.78, 5) is 4.47. The molecule has 0 fully saturated rings. The molecule has 0 aliphatic rings. The van der Waals surface area contributed by atoms with E-state index in [0.29, 0.717) is 18.4 Å². The lowest BCUT2D eigenvalue weighted by molar-refractivity contribution is 0.557. The summed E-state index contributed by atoms with van der Waals surface area (Å²) in [5.41, 5.74) is 0. The van der Waals surface area contributed by atoms with E-state index in [1.54, 1.807) is 20.8 Å². The SMILES string of the molecule is CCNC(=NCCCC(C)C)NCCS(=O)(=O)C(C)(C)C. The first-order valence-corrected chi connectivity index (χ1v) is 9.50. The van der Waals surface area contributed by atoms with Crippen LogP contribution in [0.5, 0.6) is 0 Å². The molecule has 0 saturated heterocycles. The molecule has 0 aromatic rings. The fraction of sp³-hybridized carbons (Fsp3) is 0.933. The third kappa shape index (κ3) is 8.96. The third-order valence-electron chi connectivity index (χ3n) is 3.15. The summed E-state index contributed by atoms with van der Waals surface area (Å²) in [6, 6.07) is 0. The van der Waals surface area contributed by atoms with E-state index in [0.717, 1.165) is 25.9 Å². The Bertz CT molecular complexity index is 409. The van der Waals surface area contributed by atoms with E-state index in [1.807, 2.05) is 6.92 Å². The van der Waals surface area contributed by atoms with Crippen molar-refractivity contribution in [3.63, 3.8) is 0 Å². The van der Waals surface area contributed by atoms with Gasteiger partial charge in [0.1, 0.15) is 0 Å². The summed E-state index contributed by atoms with van der Waals surface area (Å²) >= 11 is 0. The maximum atomic E-state index is 12.0. The van der Waals surface area contributed by atoms with Gasteiger partial charge in [-0.3, -0.25) is 4.99 Å². The highest BCUT2D eigenvalue weighted by atomic mass is 32.2. The molecule has 126 valence electrons. The molecule has 0 radical (unpaired) electrons. The van der Waals surface area contributed by atoms with Gasteiger partial charge in [-0.1, -0.05) is 13.8 Å². The van der Waals surface area contributed by atoms with Crippen LogP contribution in [0.2, 0.25) is 0 Å². The Morgan fingerprint density at radius 2 is 1.81 bits per heavy atom. The summed E-state index contributed by atoms with van der Waals surface area (Å²) in [5, 5.41) is 6.24. The Hall–Kier alpha value is -0.780. The fourth-order valence-electron chi connectivity index (χ4n) is 1.64. The Kier molecular flexibility index (Phi) is 8.94. The van der Waals surface area contributed by atoms with Gasteiger partial charge < -0.3 is 10.6 Å². The van der Waals surface area contributed by atoms with Gasteiger partial charge in [-0.2, -0.15) is 0 Å². The number of rotatable bonds is 8. The molecule has 5 nitrogen and oxygen atoms in total. The van der Waals surface area contributed by atoms with Crippen LogP contribution < -0.4 is 10.6 Å².